The molecule has 0 heterocycles. The summed E-state index contributed by atoms with van der Waals surface area (Å²) in [6.07, 6.45) is 0.722. The number of hydrogen-bond acceptors (Lipinski definition) is 3. The summed E-state index contributed by atoms with van der Waals surface area (Å²) < 4.78 is 5.24. The van der Waals surface area contributed by atoms with Gasteiger partial charge in [-0.3, -0.25) is 4.79 Å². The molecule has 0 aromatic heterocycles. The first-order chi connectivity index (χ1) is 7.98. The molecule has 3 heteroatoms. The van der Waals surface area contributed by atoms with Gasteiger partial charge in [0.2, 0.25) is 0 Å². The van der Waals surface area contributed by atoms with Crippen molar-refractivity contribution in [2.24, 2.45) is 11.1 Å². The molecule has 0 aliphatic carbocycles. The standard InChI is InChI=1S/C14H21NO2/c1-5-14(3,9-15)13(16)11-8-10(2)6-7-12(11)17-4/h6-8H,5,9,15H2,1-4H3. The Morgan fingerprint density at radius 3 is 2.59 bits per heavy atom. The zero-order chi connectivity index (χ0) is 13.1. The number of ketones is 1. The molecule has 1 aromatic rings. The van der Waals surface area contributed by atoms with Crippen LogP contribution >= 0.6 is 0 Å². The van der Waals surface area contributed by atoms with E-state index in [1.54, 1.807) is 7.11 Å². The van der Waals surface area contributed by atoms with Crippen LogP contribution in [0.15, 0.2) is 18.2 Å². The molecule has 2 N–H and O–H groups in total. The van der Waals surface area contributed by atoms with Crippen LogP contribution in [0.4, 0.5) is 0 Å². The van der Waals surface area contributed by atoms with E-state index < -0.39 is 5.41 Å². The number of Topliss-reactive ketones (excluding diaryl/α,β-unsaturated/α-hetero) is 1. The third-order valence-electron chi connectivity index (χ3n) is 3.38. The molecule has 0 aliphatic rings. The highest BCUT2D eigenvalue weighted by atomic mass is 16.5. The lowest BCUT2D eigenvalue weighted by atomic mass is 9.79. The third-order valence-corrected chi connectivity index (χ3v) is 3.38. The van der Waals surface area contributed by atoms with Crippen molar-refractivity contribution in [2.45, 2.75) is 27.2 Å². The van der Waals surface area contributed by atoms with Gasteiger partial charge in [0.15, 0.2) is 5.78 Å². The summed E-state index contributed by atoms with van der Waals surface area (Å²) in [5.41, 5.74) is 6.88. The zero-order valence-corrected chi connectivity index (χ0v) is 11.0. The number of benzene rings is 1. The number of ether oxygens (including phenoxy) is 1. The van der Waals surface area contributed by atoms with Gasteiger partial charge in [-0.2, -0.15) is 0 Å². The maximum atomic E-state index is 12.5. The Morgan fingerprint density at radius 2 is 2.12 bits per heavy atom. The largest absolute Gasteiger partial charge is 0.496 e. The molecule has 0 radical (unpaired) electrons. The molecule has 1 atom stereocenters. The molecule has 17 heavy (non-hydrogen) atoms. The van der Waals surface area contributed by atoms with E-state index in [4.69, 9.17) is 10.5 Å². The van der Waals surface area contributed by atoms with Crippen LogP contribution in [-0.4, -0.2) is 19.4 Å². The smallest absolute Gasteiger partial charge is 0.173 e. The average Bonchev–Trinajstić information content (AvgIpc) is 2.36. The number of carbonyl (C=O) groups is 1. The lowest BCUT2D eigenvalue weighted by molar-refractivity contribution is 0.0817. The fraction of sp³-hybridized carbons (Fsp3) is 0.500. The van der Waals surface area contributed by atoms with Crippen molar-refractivity contribution >= 4 is 5.78 Å². The Kier molecular flexibility index (Phi) is 4.29. The van der Waals surface area contributed by atoms with Crippen LogP contribution in [0.1, 0.15) is 36.2 Å². The molecule has 0 amide bonds. The van der Waals surface area contributed by atoms with Gasteiger partial charge in [0.1, 0.15) is 5.75 Å². The third kappa shape index (κ3) is 2.67. The monoisotopic (exact) mass is 235 g/mol. The second-order valence-electron chi connectivity index (χ2n) is 4.65. The summed E-state index contributed by atoms with van der Waals surface area (Å²) in [5.74, 6) is 0.678. The fourth-order valence-corrected chi connectivity index (χ4v) is 1.72. The molecular weight excluding hydrogens is 214 g/mol. The Bertz CT molecular complexity index is 409. The van der Waals surface area contributed by atoms with Gasteiger partial charge < -0.3 is 10.5 Å². The van der Waals surface area contributed by atoms with Crippen LogP contribution in [0.5, 0.6) is 5.75 Å². The molecule has 0 saturated heterocycles. The van der Waals surface area contributed by atoms with Gasteiger partial charge in [-0.1, -0.05) is 25.5 Å². The van der Waals surface area contributed by atoms with Gasteiger partial charge in [0.05, 0.1) is 12.7 Å². The van der Waals surface area contributed by atoms with E-state index in [-0.39, 0.29) is 5.78 Å². The summed E-state index contributed by atoms with van der Waals surface area (Å²) in [4.78, 5) is 12.5. The SMILES string of the molecule is CCC(C)(CN)C(=O)c1cc(C)ccc1OC. The van der Waals surface area contributed by atoms with E-state index in [1.165, 1.54) is 0 Å². The highest BCUT2D eigenvalue weighted by molar-refractivity contribution is 6.02. The summed E-state index contributed by atoms with van der Waals surface area (Å²) in [7, 11) is 1.58. The molecular formula is C14H21NO2. The van der Waals surface area contributed by atoms with E-state index in [0.29, 0.717) is 17.9 Å². The molecule has 94 valence electrons. The van der Waals surface area contributed by atoms with Crippen LogP contribution in [0.2, 0.25) is 0 Å². The van der Waals surface area contributed by atoms with Gasteiger partial charge in [-0.25, -0.2) is 0 Å². The molecule has 0 aliphatic heterocycles. The number of aryl methyl sites for hydroxylation is 1. The van der Waals surface area contributed by atoms with Gasteiger partial charge in [-0.15, -0.1) is 0 Å². The summed E-state index contributed by atoms with van der Waals surface area (Å²) in [6.45, 7) is 6.19. The van der Waals surface area contributed by atoms with Crippen molar-refractivity contribution in [3.8, 4) is 5.75 Å². The quantitative estimate of drug-likeness (QED) is 0.798. The molecule has 1 rings (SSSR count). The minimum Gasteiger partial charge on any atom is -0.496 e. The summed E-state index contributed by atoms with van der Waals surface area (Å²) in [5, 5.41) is 0. The lowest BCUT2D eigenvalue weighted by Gasteiger charge is -2.25. The Hall–Kier alpha value is -1.35. The normalized spacial score (nSPS) is 14.2. The van der Waals surface area contributed by atoms with Crippen molar-refractivity contribution in [3.05, 3.63) is 29.3 Å². The first kappa shape index (κ1) is 13.7. The molecule has 0 spiro atoms. The topological polar surface area (TPSA) is 52.3 Å². The van der Waals surface area contributed by atoms with E-state index in [1.807, 2.05) is 39.0 Å². The van der Waals surface area contributed by atoms with Crippen molar-refractivity contribution < 1.29 is 9.53 Å². The van der Waals surface area contributed by atoms with Crippen LogP contribution in [0, 0.1) is 12.3 Å². The maximum absolute atomic E-state index is 12.5. The van der Waals surface area contributed by atoms with Crippen LogP contribution in [0.25, 0.3) is 0 Å². The number of nitrogens with two attached hydrogens (primary N) is 1. The molecule has 0 fully saturated rings. The Labute approximate surface area is 103 Å². The Balaban J connectivity index is 3.23. The highest BCUT2D eigenvalue weighted by Crippen LogP contribution is 2.30. The predicted molar refractivity (Wildman–Crippen MR) is 69.5 cm³/mol. The second-order valence-corrected chi connectivity index (χ2v) is 4.65. The lowest BCUT2D eigenvalue weighted by Crippen LogP contribution is -2.35. The number of hydrogen-bond donors (Lipinski definition) is 1. The average molecular weight is 235 g/mol. The fourth-order valence-electron chi connectivity index (χ4n) is 1.72. The van der Waals surface area contributed by atoms with E-state index in [2.05, 4.69) is 0 Å². The molecule has 0 saturated carbocycles. The van der Waals surface area contributed by atoms with Crippen molar-refractivity contribution in [3.63, 3.8) is 0 Å². The number of rotatable bonds is 5. The minimum atomic E-state index is -0.513. The zero-order valence-electron chi connectivity index (χ0n) is 11.0. The van der Waals surface area contributed by atoms with E-state index >= 15 is 0 Å². The van der Waals surface area contributed by atoms with Crippen LogP contribution < -0.4 is 10.5 Å². The van der Waals surface area contributed by atoms with Gasteiger partial charge in [0.25, 0.3) is 0 Å². The van der Waals surface area contributed by atoms with E-state index in [0.717, 1.165) is 12.0 Å². The van der Waals surface area contributed by atoms with E-state index in [9.17, 15) is 4.79 Å². The first-order valence-electron chi connectivity index (χ1n) is 5.88. The predicted octanol–water partition coefficient (Wildman–Crippen LogP) is 2.56. The Morgan fingerprint density at radius 1 is 1.47 bits per heavy atom. The molecule has 1 unspecified atom stereocenters. The first-order valence-corrected chi connectivity index (χ1v) is 5.88. The van der Waals surface area contributed by atoms with Crippen molar-refractivity contribution in [1.82, 2.24) is 0 Å². The van der Waals surface area contributed by atoms with Crippen LogP contribution in [-0.2, 0) is 0 Å². The molecule has 3 nitrogen and oxygen atoms in total. The number of carbonyl (C=O) groups excluding carboxylic acids is 1. The van der Waals surface area contributed by atoms with Crippen molar-refractivity contribution in [1.29, 1.82) is 0 Å². The minimum absolute atomic E-state index is 0.0584. The molecule has 1 aromatic carbocycles. The van der Waals surface area contributed by atoms with Gasteiger partial charge in [-0.05, 0) is 25.5 Å². The van der Waals surface area contributed by atoms with Crippen molar-refractivity contribution in [2.75, 3.05) is 13.7 Å². The molecule has 0 bridgehead atoms. The van der Waals surface area contributed by atoms with Gasteiger partial charge in [0, 0.05) is 12.0 Å². The van der Waals surface area contributed by atoms with Crippen LogP contribution in [0.3, 0.4) is 0 Å². The summed E-state index contributed by atoms with van der Waals surface area (Å²) >= 11 is 0. The highest BCUT2D eigenvalue weighted by Gasteiger charge is 2.32. The van der Waals surface area contributed by atoms with Gasteiger partial charge >= 0.3 is 0 Å². The second kappa shape index (κ2) is 5.32. The summed E-state index contributed by atoms with van der Waals surface area (Å²) in [6, 6.07) is 5.63. The number of methoxy groups -OCH3 is 1. The maximum Gasteiger partial charge on any atom is 0.173 e.